The molecule has 4 saturated heterocycles. The number of hydrogen-bond donors (Lipinski definition) is 0. The molecule has 0 radical (unpaired) electrons. The summed E-state index contributed by atoms with van der Waals surface area (Å²) in [6, 6.07) is 5.45. The van der Waals surface area contributed by atoms with Crippen molar-refractivity contribution < 1.29 is 36.7 Å². The number of anilines is 3. The molecule has 1 aromatic carbocycles. The van der Waals surface area contributed by atoms with Crippen molar-refractivity contribution in [2.45, 2.75) is 43.8 Å². The lowest BCUT2D eigenvalue weighted by molar-refractivity contribution is -0.139. The maximum absolute atomic E-state index is 15.7. The Morgan fingerprint density at radius 2 is 1.88 bits per heavy atom. The van der Waals surface area contributed by atoms with Crippen LogP contribution < -0.4 is 14.7 Å². The minimum absolute atomic E-state index is 0.00757. The number of aromatic nitrogens is 1. The molecule has 4 fully saturated rings. The molecular formula is C34H39F4N7O4. The standard InChI is InChI=1S/C34H39F4N7O4/c1-4-29(46)43-16-23(17-43)44-10-11-49-27-19-41(18-26(27)44)8-9-42-15-21-13-30(47)45(28-14-22(34(36,37)38)12-20(2)39-28)31(21)33(48)40(3)25-7-5-6-24(35)32(25)42/h4-7,12,14,21,23,26-27,31H,1,8-11,13,15-19H2,2-3H3/t21-,26?,27-,31+/m1/s1. The number of halogens is 4. The minimum Gasteiger partial charge on any atom is -0.374 e. The van der Waals surface area contributed by atoms with Gasteiger partial charge in [-0.15, -0.1) is 0 Å². The summed E-state index contributed by atoms with van der Waals surface area (Å²) in [5, 5.41) is 0. The van der Waals surface area contributed by atoms with E-state index in [9.17, 15) is 27.6 Å². The van der Waals surface area contributed by atoms with Crippen molar-refractivity contribution in [1.29, 1.82) is 0 Å². The predicted molar refractivity (Wildman–Crippen MR) is 173 cm³/mol. The number of carbonyl (C=O) groups excluding carboxylic acids is 3. The van der Waals surface area contributed by atoms with Crippen LogP contribution in [-0.2, 0) is 25.3 Å². The number of alkyl halides is 3. The third kappa shape index (κ3) is 6.05. The summed E-state index contributed by atoms with van der Waals surface area (Å²) in [6.07, 6.45) is -3.45. The van der Waals surface area contributed by atoms with Gasteiger partial charge in [0, 0.05) is 83.5 Å². The van der Waals surface area contributed by atoms with Crippen LogP contribution >= 0.6 is 0 Å². The van der Waals surface area contributed by atoms with Crippen LogP contribution in [0.15, 0.2) is 43.0 Å². The minimum atomic E-state index is -4.67. The van der Waals surface area contributed by atoms with Crippen LogP contribution in [0.4, 0.5) is 34.8 Å². The van der Waals surface area contributed by atoms with Crippen LogP contribution in [0.2, 0.25) is 0 Å². The summed E-state index contributed by atoms with van der Waals surface area (Å²) in [5.74, 6) is -2.49. The smallest absolute Gasteiger partial charge is 0.374 e. The first-order chi connectivity index (χ1) is 23.3. The van der Waals surface area contributed by atoms with Gasteiger partial charge >= 0.3 is 6.18 Å². The largest absolute Gasteiger partial charge is 0.416 e. The van der Waals surface area contributed by atoms with Gasteiger partial charge in [-0.3, -0.25) is 29.1 Å². The van der Waals surface area contributed by atoms with E-state index in [1.165, 1.54) is 37.1 Å². The van der Waals surface area contributed by atoms with Crippen molar-refractivity contribution in [2.75, 3.05) is 80.7 Å². The Morgan fingerprint density at radius 3 is 2.61 bits per heavy atom. The first-order valence-corrected chi connectivity index (χ1v) is 16.5. The number of likely N-dealkylation sites (N-methyl/N-ethyl adjacent to an activating group) is 1. The zero-order chi connectivity index (χ0) is 34.8. The molecule has 6 heterocycles. The molecule has 15 heteroatoms. The molecule has 7 rings (SSSR count). The number of likely N-dealkylation sites (tertiary alicyclic amines) is 2. The second-order valence-corrected chi connectivity index (χ2v) is 13.6. The summed E-state index contributed by atoms with van der Waals surface area (Å²) in [6.45, 7) is 10.1. The van der Waals surface area contributed by atoms with Crippen molar-refractivity contribution in [1.82, 2.24) is 19.7 Å². The topological polar surface area (TPSA) is 92.8 Å². The number of morpholine rings is 1. The van der Waals surface area contributed by atoms with Gasteiger partial charge in [0.2, 0.25) is 17.7 Å². The highest BCUT2D eigenvalue weighted by atomic mass is 19.4. The van der Waals surface area contributed by atoms with Crippen LogP contribution in [0.1, 0.15) is 17.7 Å². The van der Waals surface area contributed by atoms with Gasteiger partial charge in [-0.2, -0.15) is 13.2 Å². The average Bonchev–Trinajstić information content (AvgIpc) is 3.60. The van der Waals surface area contributed by atoms with Gasteiger partial charge < -0.3 is 19.4 Å². The van der Waals surface area contributed by atoms with Gasteiger partial charge in [0.1, 0.15) is 17.7 Å². The zero-order valence-corrected chi connectivity index (χ0v) is 27.4. The Bertz CT molecular complexity index is 1670. The lowest BCUT2D eigenvalue weighted by Gasteiger charge is -2.50. The molecule has 1 unspecified atom stereocenters. The van der Waals surface area contributed by atoms with E-state index < -0.39 is 41.3 Å². The maximum atomic E-state index is 15.7. The summed E-state index contributed by atoms with van der Waals surface area (Å²) in [7, 11) is 1.49. The van der Waals surface area contributed by atoms with E-state index in [4.69, 9.17) is 4.74 Å². The first-order valence-electron chi connectivity index (χ1n) is 16.5. The van der Waals surface area contributed by atoms with Crippen LogP contribution in [0, 0.1) is 18.7 Å². The summed E-state index contributed by atoms with van der Waals surface area (Å²) < 4.78 is 63.1. The summed E-state index contributed by atoms with van der Waals surface area (Å²) in [4.78, 5) is 54.6. The second kappa shape index (κ2) is 12.7. The van der Waals surface area contributed by atoms with E-state index in [1.807, 2.05) is 4.90 Å². The fourth-order valence-electron chi connectivity index (χ4n) is 8.13. The number of pyridine rings is 1. The fourth-order valence-corrected chi connectivity index (χ4v) is 8.13. The predicted octanol–water partition coefficient (Wildman–Crippen LogP) is 2.53. The van der Waals surface area contributed by atoms with Crippen LogP contribution in [0.25, 0.3) is 0 Å². The van der Waals surface area contributed by atoms with Crippen molar-refractivity contribution in [3.05, 3.63) is 60.1 Å². The molecule has 1 aromatic heterocycles. The Labute approximate surface area is 281 Å². The highest BCUT2D eigenvalue weighted by Gasteiger charge is 2.50. The monoisotopic (exact) mass is 685 g/mol. The summed E-state index contributed by atoms with van der Waals surface area (Å²) in [5.41, 5.74) is -0.341. The van der Waals surface area contributed by atoms with Gasteiger partial charge in [-0.05, 0) is 37.3 Å². The Morgan fingerprint density at radius 1 is 1.10 bits per heavy atom. The SMILES string of the molecule is C=CC(=O)N1CC(N2CCO[C@@H]3CN(CCN4C[C@H]5CC(=O)N(c6cc(C(F)(F)F)cc(C)n6)[C@@H]5C(=O)N(C)c5cccc(F)c54)CC32)C1. The lowest BCUT2D eigenvalue weighted by Crippen LogP contribution is -2.66. The molecule has 0 N–H and O–H groups in total. The van der Waals surface area contributed by atoms with Gasteiger partial charge in [0.05, 0.1) is 35.7 Å². The molecule has 4 atom stereocenters. The van der Waals surface area contributed by atoms with E-state index in [2.05, 4.69) is 21.4 Å². The molecule has 5 aliphatic heterocycles. The second-order valence-electron chi connectivity index (χ2n) is 13.6. The number of hydrogen-bond acceptors (Lipinski definition) is 8. The Balaban J connectivity index is 1.13. The number of amides is 3. The van der Waals surface area contributed by atoms with Crippen molar-refractivity contribution in [3.8, 4) is 0 Å². The Kier molecular flexibility index (Phi) is 8.64. The molecular weight excluding hydrogens is 646 g/mol. The number of fused-ring (bicyclic) bond motifs is 3. The normalized spacial score (nSPS) is 26.7. The first kappa shape index (κ1) is 33.4. The van der Waals surface area contributed by atoms with Crippen molar-refractivity contribution in [3.63, 3.8) is 0 Å². The number of para-hydroxylation sites is 1. The van der Waals surface area contributed by atoms with Crippen LogP contribution in [-0.4, -0.2) is 128 Å². The molecule has 262 valence electrons. The molecule has 49 heavy (non-hydrogen) atoms. The van der Waals surface area contributed by atoms with Crippen LogP contribution in [0.5, 0.6) is 0 Å². The number of ether oxygens (including phenoxy) is 1. The van der Waals surface area contributed by atoms with Gasteiger partial charge in [0.15, 0.2) is 0 Å². The molecule has 3 amide bonds. The van der Waals surface area contributed by atoms with E-state index in [0.717, 1.165) is 30.1 Å². The zero-order valence-electron chi connectivity index (χ0n) is 27.4. The van der Waals surface area contributed by atoms with Gasteiger partial charge in [0.25, 0.3) is 0 Å². The highest BCUT2D eigenvalue weighted by Crippen LogP contribution is 2.41. The third-order valence-electron chi connectivity index (χ3n) is 10.5. The average molecular weight is 686 g/mol. The molecule has 2 aromatic rings. The number of rotatable bonds is 6. The number of carbonyl (C=O) groups is 3. The molecule has 0 bridgehead atoms. The highest BCUT2D eigenvalue weighted by molar-refractivity contribution is 6.10. The number of nitrogens with zero attached hydrogens (tertiary/aromatic N) is 7. The molecule has 0 spiro atoms. The Hall–Kier alpha value is -4.08. The lowest BCUT2D eigenvalue weighted by atomic mass is 9.95. The number of aryl methyl sites for hydroxylation is 1. The van der Waals surface area contributed by atoms with Crippen molar-refractivity contribution >= 4 is 34.9 Å². The van der Waals surface area contributed by atoms with Crippen LogP contribution in [0.3, 0.4) is 0 Å². The maximum Gasteiger partial charge on any atom is 0.416 e. The quantitative estimate of drug-likeness (QED) is 0.339. The van der Waals surface area contributed by atoms with E-state index in [-0.39, 0.29) is 54.3 Å². The van der Waals surface area contributed by atoms with Gasteiger partial charge in [-0.1, -0.05) is 12.6 Å². The van der Waals surface area contributed by atoms with Gasteiger partial charge in [-0.25, -0.2) is 9.37 Å². The number of benzene rings is 1. The van der Waals surface area contributed by atoms with E-state index in [0.29, 0.717) is 45.0 Å². The molecule has 5 aliphatic rings. The molecule has 11 nitrogen and oxygen atoms in total. The fraction of sp³-hybridized carbons (Fsp3) is 0.529. The van der Waals surface area contributed by atoms with Crippen molar-refractivity contribution in [2.24, 2.45) is 5.92 Å². The van der Waals surface area contributed by atoms with E-state index in [1.54, 1.807) is 11.0 Å². The molecule has 0 aliphatic carbocycles. The summed E-state index contributed by atoms with van der Waals surface area (Å²) >= 11 is 0. The third-order valence-corrected chi connectivity index (χ3v) is 10.5. The molecule has 0 saturated carbocycles. The van der Waals surface area contributed by atoms with E-state index >= 15 is 4.39 Å².